The van der Waals surface area contributed by atoms with Crippen LogP contribution in [0.25, 0.3) is 22.4 Å². The standard InChI is InChI=1S/C19H21N3O/c1-13-9-18(19-10-14(2)21-23-19)20-17-6-5-15(11-16(13)17)12-22-7-3-4-8-22/h5-6,9-11H,3-4,7-8,12H2,1-2H3. The molecule has 0 radical (unpaired) electrons. The normalized spacial score (nSPS) is 15.6. The highest BCUT2D eigenvalue weighted by Crippen LogP contribution is 2.26. The number of pyridine rings is 1. The number of hydrogen-bond acceptors (Lipinski definition) is 4. The average molecular weight is 307 g/mol. The molecule has 118 valence electrons. The van der Waals surface area contributed by atoms with E-state index in [0.29, 0.717) is 0 Å². The quantitative estimate of drug-likeness (QED) is 0.730. The van der Waals surface area contributed by atoms with Gasteiger partial charge in [0.05, 0.1) is 11.2 Å². The lowest BCUT2D eigenvalue weighted by Crippen LogP contribution is -2.18. The molecule has 0 bridgehead atoms. The Hall–Kier alpha value is -2.20. The zero-order chi connectivity index (χ0) is 15.8. The van der Waals surface area contributed by atoms with Crippen LogP contribution in [0.15, 0.2) is 34.9 Å². The monoisotopic (exact) mass is 307 g/mol. The lowest BCUT2D eigenvalue weighted by atomic mass is 10.0. The minimum absolute atomic E-state index is 0.730. The first kappa shape index (κ1) is 14.4. The number of aromatic nitrogens is 2. The van der Waals surface area contributed by atoms with Crippen LogP contribution in [-0.4, -0.2) is 28.1 Å². The van der Waals surface area contributed by atoms with E-state index in [2.05, 4.69) is 41.2 Å². The van der Waals surface area contributed by atoms with Crippen LogP contribution >= 0.6 is 0 Å². The molecule has 3 aromatic rings. The number of aryl methyl sites for hydroxylation is 2. The van der Waals surface area contributed by atoms with Gasteiger partial charge in [0.1, 0.15) is 5.69 Å². The van der Waals surface area contributed by atoms with E-state index in [0.717, 1.165) is 29.2 Å². The molecule has 0 amide bonds. The molecule has 0 atom stereocenters. The summed E-state index contributed by atoms with van der Waals surface area (Å²) in [6, 6.07) is 10.6. The van der Waals surface area contributed by atoms with Gasteiger partial charge < -0.3 is 4.52 Å². The van der Waals surface area contributed by atoms with Crippen LogP contribution in [0.1, 0.15) is 29.7 Å². The number of nitrogens with zero attached hydrogens (tertiary/aromatic N) is 3. The molecule has 4 rings (SSSR count). The van der Waals surface area contributed by atoms with Crippen molar-refractivity contribution in [3.8, 4) is 11.5 Å². The van der Waals surface area contributed by atoms with Crippen molar-refractivity contribution in [2.45, 2.75) is 33.2 Å². The van der Waals surface area contributed by atoms with E-state index in [1.807, 2.05) is 13.0 Å². The van der Waals surface area contributed by atoms with Gasteiger partial charge in [-0.3, -0.25) is 4.90 Å². The molecule has 1 aromatic carbocycles. The first-order valence-corrected chi connectivity index (χ1v) is 8.25. The van der Waals surface area contributed by atoms with Crippen LogP contribution < -0.4 is 0 Å². The van der Waals surface area contributed by atoms with Gasteiger partial charge in [-0.05, 0) is 69.1 Å². The molecular formula is C19H21N3O. The van der Waals surface area contributed by atoms with E-state index in [1.165, 1.54) is 42.4 Å². The molecule has 0 saturated carbocycles. The minimum atomic E-state index is 0.730. The van der Waals surface area contributed by atoms with Crippen molar-refractivity contribution in [2.75, 3.05) is 13.1 Å². The van der Waals surface area contributed by atoms with Crippen molar-refractivity contribution >= 4 is 10.9 Å². The molecule has 0 unspecified atom stereocenters. The molecule has 1 saturated heterocycles. The maximum absolute atomic E-state index is 5.35. The molecule has 0 spiro atoms. The fraction of sp³-hybridized carbons (Fsp3) is 0.368. The van der Waals surface area contributed by atoms with E-state index in [-0.39, 0.29) is 0 Å². The summed E-state index contributed by atoms with van der Waals surface area (Å²) in [4.78, 5) is 7.27. The number of benzene rings is 1. The summed E-state index contributed by atoms with van der Waals surface area (Å²) in [6.45, 7) is 7.54. The Labute approximate surface area is 136 Å². The Morgan fingerprint density at radius 3 is 2.65 bits per heavy atom. The van der Waals surface area contributed by atoms with Crippen LogP contribution in [0, 0.1) is 13.8 Å². The molecule has 0 N–H and O–H groups in total. The molecule has 2 aromatic heterocycles. The van der Waals surface area contributed by atoms with Gasteiger partial charge in [0, 0.05) is 18.0 Å². The van der Waals surface area contributed by atoms with Crippen molar-refractivity contribution in [1.82, 2.24) is 15.0 Å². The smallest absolute Gasteiger partial charge is 0.185 e. The number of hydrogen-bond donors (Lipinski definition) is 0. The number of likely N-dealkylation sites (tertiary alicyclic amines) is 1. The largest absolute Gasteiger partial charge is 0.354 e. The lowest BCUT2D eigenvalue weighted by molar-refractivity contribution is 0.331. The second kappa shape index (κ2) is 5.78. The van der Waals surface area contributed by atoms with E-state index in [4.69, 9.17) is 9.51 Å². The molecule has 4 nitrogen and oxygen atoms in total. The van der Waals surface area contributed by atoms with Crippen molar-refractivity contribution in [2.24, 2.45) is 0 Å². The summed E-state index contributed by atoms with van der Waals surface area (Å²) in [7, 11) is 0. The minimum Gasteiger partial charge on any atom is -0.354 e. The third-order valence-corrected chi connectivity index (χ3v) is 4.57. The van der Waals surface area contributed by atoms with Crippen molar-refractivity contribution in [3.63, 3.8) is 0 Å². The predicted molar refractivity (Wildman–Crippen MR) is 91.2 cm³/mol. The molecule has 1 aliphatic heterocycles. The van der Waals surface area contributed by atoms with Gasteiger partial charge in [-0.25, -0.2) is 4.98 Å². The third-order valence-electron chi connectivity index (χ3n) is 4.57. The highest BCUT2D eigenvalue weighted by atomic mass is 16.5. The van der Waals surface area contributed by atoms with E-state index >= 15 is 0 Å². The number of fused-ring (bicyclic) bond motifs is 1. The molecular weight excluding hydrogens is 286 g/mol. The summed E-state index contributed by atoms with van der Waals surface area (Å²) in [5.74, 6) is 0.730. The van der Waals surface area contributed by atoms with Crippen LogP contribution in [-0.2, 0) is 6.54 Å². The average Bonchev–Trinajstić information content (AvgIpc) is 3.19. The van der Waals surface area contributed by atoms with Gasteiger partial charge in [-0.2, -0.15) is 0 Å². The van der Waals surface area contributed by atoms with Gasteiger partial charge in [0.2, 0.25) is 0 Å². The first-order chi connectivity index (χ1) is 11.2. The molecule has 3 heterocycles. The Bertz CT molecular complexity index is 847. The Kier molecular flexibility index (Phi) is 3.62. The molecule has 0 aliphatic carbocycles. The molecule has 4 heteroatoms. The van der Waals surface area contributed by atoms with Crippen LogP contribution in [0.4, 0.5) is 0 Å². The topological polar surface area (TPSA) is 42.2 Å². The zero-order valence-corrected chi connectivity index (χ0v) is 13.7. The summed E-state index contributed by atoms with van der Waals surface area (Å²) in [5.41, 5.74) is 5.33. The third kappa shape index (κ3) is 2.86. The fourth-order valence-corrected chi connectivity index (χ4v) is 3.35. The maximum atomic E-state index is 5.35. The van der Waals surface area contributed by atoms with E-state index in [9.17, 15) is 0 Å². The van der Waals surface area contributed by atoms with Crippen molar-refractivity contribution < 1.29 is 4.52 Å². The summed E-state index contributed by atoms with van der Waals surface area (Å²) >= 11 is 0. The van der Waals surface area contributed by atoms with Crippen molar-refractivity contribution in [3.05, 3.63) is 47.2 Å². The second-order valence-electron chi connectivity index (χ2n) is 6.49. The Morgan fingerprint density at radius 2 is 1.91 bits per heavy atom. The molecule has 1 fully saturated rings. The van der Waals surface area contributed by atoms with E-state index in [1.54, 1.807) is 0 Å². The van der Waals surface area contributed by atoms with Crippen molar-refractivity contribution in [1.29, 1.82) is 0 Å². The van der Waals surface area contributed by atoms with E-state index < -0.39 is 0 Å². The Balaban J connectivity index is 1.70. The maximum Gasteiger partial charge on any atom is 0.185 e. The van der Waals surface area contributed by atoms with Gasteiger partial charge >= 0.3 is 0 Å². The summed E-state index contributed by atoms with van der Waals surface area (Å²) < 4.78 is 5.35. The second-order valence-corrected chi connectivity index (χ2v) is 6.49. The highest BCUT2D eigenvalue weighted by molar-refractivity contribution is 5.85. The fourth-order valence-electron chi connectivity index (χ4n) is 3.35. The summed E-state index contributed by atoms with van der Waals surface area (Å²) in [5, 5.41) is 5.18. The van der Waals surface area contributed by atoms with Crippen LogP contribution in [0.5, 0.6) is 0 Å². The lowest BCUT2D eigenvalue weighted by Gasteiger charge is -2.15. The van der Waals surface area contributed by atoms with Crippen LogP contribution in [0.3, 0.4) is 0 Å². The predicted octanol–water partition coefficient (Wildman–Crippen LogP) is 4.10. The van der Waals surface area contributed by atoms with Crippen LogP contribution in [0.2, 0.25) is 0 Å². The number of rotatable bonds is 3. The highest BCUT2D eigenvalue weighted by Gasteiger charge is 2.13. The van der Waals surface area contributed by atoms with Gasteiger partial charge in [-0.15, -0.1) is 0 Å². The summed E-state index contributed by atoms with van der Waals surface area (Å²) in [6.07, 6.45) is 2.66. The SMILES string of the molecule is Cc1cc(-c2cc(C)c3cc(CN4CCCC4)ccc3n2)on1. The van der Waals surface area contributed by atoms with Gasteiger partial charge in [-0.1, -0.05) is 11.2 Å². The Morgan fingerprint density at radius 1 is 1.09 bits per heavy atom. The van der Waals surface area contributed by atoms with Gasteiger partial charge in [0.25, 0.3) is 0 Å². The first-order valence-electron chi connectivity index (χ1n) is 8.25. The van der Waals surface area contributed by atoms with Gasteiger partial charge in [0.15, 0.2) is 5.76 Å². The molecule has 1 aliphatic rings. The molecule has 23 heavy (non-hydrogen) atoms. The zero-order valence-electron chi connectivity index (χ0n) is 13.7.